The first-order valence-electron chi connectivity index (χ1n) is 5.82. The zero-order valence-electron chi connectivity index (χ0n) is 12.2. The summed E-state index contributed by atoms with van der Waals surface area (Å²) in [6.07, 6.45) is 1.34. The number of aryl methyl sites for hydroxylation is 1. The normalized spacial score (nSPS) is 10.1. The van der Waals surface area contributed by atoms with Gasteiger partial charge in [-0.15, -0.1) is 10.5 Å². The molecule has 9 heteroatoms. The topological polar surface area (TPSA) is 111 Å². The number of pyridine rings is 1. The highest BCUT2D eigenvalue weighted by Gasteiger charge is 2.21. The van der Waals surface area contributed by atoms with Gasteiger partial charge in [-0.1, -0.05) is 0 Å². The lowest BCUT2D eigenvalue weighted by Gasteiger charge is -2.14. The highest BCUT2D eigenvalue weighted by atomic mass is 35.5. The molecular weight excluding hydrogens is 298 g/mol. The Labute approximate surface area is 128 Å². The number of carbonyl (C=O) groups excluding carboxylic acids is 2. The predicted molar refractivity (Wildman–Crippen MR) is 73.3 cm³/mol. The molecule has 0 radical (unpaired) electrons. The number of nitrogens with zero attached hydrogens (tertiary/aromatic N) is 2. The van der Waals surface area contributed by atoms with Crippen LogP contribution >= 0.6 is 0 Å². The van der Waals surface area contributed by atoms with E-state index in [0.29, 0.717) is 11.4 Å². The number of halogens is 1. The van der Waals surface area contributed by atoms with Crippen LogP contribution < -0.4 is 34.1 Å². The summed E-state index contributed by atoms with van der Waals surface area (Å²) in [6.45, 7) is 1.74. The fraction of sp³-hybridized carbons (Fsp3) is 0.333. The van der Waals surface area contributed by atoms with Gasteiger partial charge < -0.3 is 27.6 Å². The number of nitrogens with two attached hydrogens (primary N) is 1. The maximum Gasteiger partial charge on any atom is 0.365 e. The predicted octanol–water partition coefficient (Wildman–Crippen LogP) is -5.52. The minimum atomic E-state index is -0.778. The van der Waals surface area contributed by atoms with E-state index in [1.165, 1.54) is 17.2 Å². The van der Waals surface area contributed by atoms with Crippen molar-refractivity contribution in [2.45, 2.75) is 6.92 Å². The Hall–Kier alpha value is -2.35. The third kappa shape index (κ3) is 4.32. The van der Waals surface area contributed by atoms with E-state index in [4.69, 9.17) is 5.73 Å². The molecule has 0 fully saturated rings. The monoisotopic (exact) mass is 315 g/mol. The van der Waals surface area contributed by atoms with Gasteiger partial charge in [-0.3, -0.25) is 9.59 Å². The van der Waals surface area contributed by atoms with E-state index in [1.54, 1.807) is 32.6 Å². The molecule has 0 atom stereocenters. The van der Waals surface area contributed by atoms with E-state index in [1.807, 2.05) is 0 Å². The van der Waals surface area contributed by atoms with Gasteiger partial charge in [0.05, 0.1) is 0 Å². The van der Waals surface area contributed by atoms with Crippen LogP contribution in [0.3, 0.4) is 0 Å². The van der Waals surface area contributed by atoms with E-state index in [-0.39, 0.29) is 23.4 Å². The Morgan fingerprint density at radius 3 is 2.48 bits per heavy atom. The van der Waals surface area contributed by atoms with Crippen LogP contribution in [0.15, 0.2) is 10.9 Å². The van der Waals surface area contributed by atoms with Gasteiger partial charge in [0.15, 0.2) is 5.43 Å². The fourth-order valence-corrected chi connectivity index (χ4v) is 1.63. The Morgan fingerprint density at radius 1 is 1.43 bits per heavy atom. The van der Waals surface area contributed by atoms with Gasteiger partial charge in [0.2, 0.25) is 6.21 Å². The number of aromatic nitrogens is 1. The molecule has 0 aliphatic heterocycles. The second-order valence-electron chi connectivity index (χ2n) is 4.45. The molecule has 1 rings (SSSR count). The first-order valence-corrected chi connectivity index (χ1v) is 5.82. The van der Waals surface area contributed by atoms with Gasteiger partial charge in [0, 0.05) is 32.9 Å². The van der Waals surface area contributed by atoms with Crippen molar-refractivity contribution in [2.24, 2.45) is 12.8 Å². The van der Waals surface area contributed by atoms with E-state index >= 15 is 0 Å². The Bertz CT molecular complexity index is 637. The van der Waals surface area contributed by atoms with Crippen molar-refractivity contribution in [2.75, 3.05) is 14.1 Å². The second kappa shape index (κ2) is 7.44. The van der Waals surface area contributed by atoms with Crippen LogP contribution in [-0.2, 0) is 7.05 Å². The number of hydrogen-bond acceptors (Lipinski definition) is 3. The summed E-state index contributed by atoms with van der Waals surface area (Å²) in [7, 11) is 4.82. The molecule has 1 aromatic heterocycles. The molecule has 116 valence electrons. The smallest absolute Gasteiger partial charge is 0.365 e. The van der Waals surface area contributed by atoms with E-state index in [2.05, 4.69) is 10.5 Å². The molecule has 0 unspecified atom stereocenters. The highest BCUT2D eigenvalue weighted by molar-refractivity contribution is 6.00. The quantitative estimate of drug-likeness (QED) is 0.382. The summed E-state index contributed by atoms with van der Waals surface area (Å²) < 4.78 is 1.66. The minimum Gasteiger partial charge on any atom is -1.00 e. The van der Waals surface area contributed by atoms with Gasteiger partial charge >= 0.3 is 6.03 Å². The third-order valence-electron chi connectivity index (χ3n) is 2.76. The zero-order valence-corrected chi connectivity index (χ0v) is 13.0. The number of hydrogen-bond donors (Lipinski definition) is 3. The third-order valence-corrected chi connectivity index (χ3v) is 2.76. The highest BCUT2D eigenvalue weighted by Crippen LogP contribution is 2.05. The lowest BCUT2D eigenvalue weighted by molar-refractivity contribution is -0.502. The molecule has 1 aromatic rings. The van der Waals surface area contributed by atoms with Gasteiger partial charge in [-0.05, 0) is 6.92 Å². The molecule has 8 nitrogen and oxygen atoms in total. The first-order chi connectivity index (χ1) is 9.25. The summed E-state index contributed by atoms with van der Waals surface area (Å²) in [4.78, 5) is 36.1. The maximum atomic E-state index is 12.1. The van der Waals surface area contributed by atoms with Gasteiger partial charge in [-0.25, -0.2) is 4.79 Å². The number of rotatable bonds is 3. The molecule has 0 bridgehead atoms. The average Bonchev–Trinajstić information content (AvgIpc) is 2.34. The number of nitrogens with one attached hydrogen (secondary N) is 2. The fourth-order valence-electron chi connectivity index (χ4n) is 1.63. The van der Waals surface area contributed by atoms with Crippen LogP contribution in [0.5, 0.6) is 0 Å². The van der Waals surface area contributed by atoms with E-state index in [9.17, 15) is 14.4 Å². The van der Waals surface area contributed by atoms with Crippen molar-refractivity contribution in [3.63, 3.8) is 0 Å². The standard InChI is InChI=1S/C12H17N5O3.ClH/c1-7-5-9(18)10(11(19)16(2)3)8(17(7)4)6-14-15-12(13)20;/h5-6H,1-4H3,(H3,13,15,20);1H/b14-6+;. The number of primary amides is 1. The molecule has 0 spiro atoms. The van der Waals surface area contributed by atoms with Crippen LogP contribution in [0, 0.1) is 6.92 Å². The van der Waals surface area contributed by atoms with Crippen molar-refractivity contribution in [1.82, 2.24) is 14.9 Å². The van der Waals surface area contributed by atoms with Gasteiger partial charge in [0.1, 0.15) is 11.3 Å². The summed E-state index contributed by atoms with van der Waals surface area (Å²) in [5, 5.41) is 2.45. The van der Waals surface area contributed by atoms with E-state index in [0.717, 1.165) is 0 Å². The average molecular weight is 316 g/mol. The van der Waals surface area contributed by atoms with Crippen molar-refractivity contribution < 1.29 is 27.1 Å². The molecule has 0 aliphatic carbocycles. The Morgan fingerprint density at radius 2 is 2.00 bits per heavy atom. The zero-order chi connectivity index (χ0) is 15.4. The molecular formula is C12H18ClN5O3. The maximum absolute atomic E-state index is 12.1. The van der Waals surface area contributed by atoms with E-state index < -0.39 is 11.9 Å². The molecule has 0 aliphatic rings. The van der Waals surface area contributed by atoms with Crippen LogP contribution in [0.25, 0.3) is 0 Å². The lowest BCUT2D eigenvalue weighted by Crippen LogP contribution is -3.00. The van der Waals surface area contributed by atoms with Crippen LogP contribution in [-0.4, -0.2) is 41.7 Å². The Balaban J connectivity index is 0.00000400. The summed E-state index contributed by atoms with van der Waals surface area (Å²) in [5.74, 6) is -0.419. The SMILES string of the molecule is Cc1cc(=O)c(C(=O)N(C)C)c(/C=[NH+]/NC(N)=O)n1C.[Cl-]. The molecule has 1 heterocycles. The first kappa shape index (κ1) is 18.7. The minimum absolute atomic E-state index is 0. The number of hydrazone groups is 1. The summed E-state index contributed by atoms with van der Waals surface area (Å²) in [5.41, 5.74) is 7.73. The number of urea groups is 1. The van der Waals surface area contributed by atoms with Crippen LogP contribution in [0.1, 0.15) is 21.7 Å². The number of hydrazine groups is 1. The Kier molecular flexibility index (Phi) is 6.60. The van der Waals surface area contributed by atoms with Crippen molar-refractivity contribution in [3.05, 3.63) is 33.2 Å². The molecule has 3 amide bonds. The number of amides is 3. The molecule has 0 saturated carbocycles. The molecule has 0 aromatic carbocycles. The molecule has 4 N–H and O–H groups in total. The molecule has 0 saturated heterocycles. The van der Waals surface area contributed by atoms with Crippen molar-refractivity contribution in [1.29, 1.82) is 0 Å². The summed E-state index contributed by atoms with van der Waals surface area (Å²) in [6, 6.07) is 0.606. The lowest BCUT2D eigenvalue weighted by atomic mass is 10.1. The van der Waals surface area contributed by atoms with Crippen molar-refractivity contribution in [3.8, 4) is 0 Å². The van der Waals surface area contributed by atoms with Gasteiger partial charge in [0.25, 0.3) is 5.91 Å². The largest absolute Gasteiger partial charge is 1.00 e. The summed E-state index contributed by atoms with van der Waals surface area (Å²) >= 11 is 0. The number of carbonyl (C=O) groups is 2. The van der Waals surface area contributed by atoms with Crippen molar-refractivity contribution >= 4 is 18.2 Å². The van der Waals surface area contributed by atoms with Crippen LogP contribution in [0.2, 0.25) is 0 Å². The van der Waals surface area contributed by atoms with Crippen LogP contribution in [0.4, 0.5) is 4.79 Å². The second-order valence-corrected chi connectivity index (χ2v) is 4.45. The van der Waals surface area contributed by atoms with Gasteiger partial charge in [-0.2, -0.15) is 0 Å². The molecule has 21 heavy (non-hydrogen) atoms.